The molecule has 0 bridgehead atoms. The van der Waals surface area contributed by atoms with Gasteiger partial charge in [0.1, 0.15) is 24.4 Å². The Hall–Kier alpha value is -1.85. The molecule has 0 saturated carbocycles. The topological polar surface area (TPSA) is 149 Å². The van der Waals surface area contributed by atoms with Crippen LogP contribution in [0.1, 0.15) is 412 Å². The van der Waals surface area contributed by atoms with E-state index in [0.717, 1.165) is 44.9 Å². The highest BCUT2D eigenvalue weighted by molar-refractivity contribution is 5.76. The molecule has 6 N–H and O–H groups in total. The van der Waals surface area contributed by atoms with Crippen molar-refractivity contribution in [2.24, 2.45) is 0 Å². The van der Waals surface area contributed by atoms with E-state index in [1.54, 1.807) is 6.08 Å². The number of amides is 1. The van der Waals surface area contributed by atoms with Crippen molar-refractivity contribution in [1.29, 1.82) is 0 Å². The average molecular weight is 1280 g/mol. The molecule has 9 heteroatoms. The van der Waals surface area contributed by atoms with Gasteiger partial charge in [-0.05, 0) is 70.6 Å². The molecule has 7 atom stereocenters. The Kier molecular flexibility index (Phi) is 67.9. The second-order valence-electron chi connectivity index (χ2n) is 28.2. The third-order valence-electron chi connectivity index (χ3n) is 19.4. The third-order valence-corrected chi connectivity index (χ3v) is 19.4. The number of unbranched alkanes of at least 4 members (excludes halogenated alkanes) is 56. The van der Waals surface area contributed by atoms with Crippen LogP contribution in [0.5, 0.6) is 0 Å². The zero-order chi connectivity index (χ0) is 65.7. The highest BCUT2D eigenvalue weighted by atomic mass is 16.7. The molecule has 1 aliphatic heterocycles. The summed E-state index contributed by atoms with van der Waals surface area (Å²) in [6.45, 7) is 3.82. The molecule has 0 radical (unpaired) electrons. The first-order valence-corrected chi connectivity index (χ1v) is 40.4. The van der Waals surface area contributed by atoms with Gasteiger partial charge in [0.2, 0.25) is 5.91 Å². The van der Waals surface area contributed by atoms with Gasteiger partial charge in [-0.3, -0.25) is 4.79 Å². The summed E-state index contributed by atoms with van der Waals surface area (Å²) in [5.41, 5.74) is 0. The molecular formula is C82H155NO8. The first-order chi connectivity index (χ1) is 44.8. The first kappa shape index (κ1) is 87.2. The normalized spacial score (nSPS) is 17.9. The number of hydrogen-bond acceptors (Lipinski definition) is 8. The summed E-state index contributed by atoms with van der Waals surface area (Å²) in [6.07, 6.45) is 91.4. The van der Waals surface area contributed by atoms with Crippen LogP contribution in [-0.2, 0) is 14.3 Å². The van der Waals surface area contributed by atoms with Crippen molar-refractivity contribution >= 4 is 5.91 Å². The Balaban J connectivity index is 2.06. The lowest BCUT2D eigenvalue weighted by Gasteiger charge is -2.40. The zero-order valence-electron chi connectivity index (χ0n) is 60.4. The number of carbonyl (C=O) groups is 1. The monoisotopic (exact) mass is 1280 g/mol. The van der Waals surface area contributed by atoms with E-state index >= 15 is 0 Å². The predicted octanol–water partition coefficient (Wildman–Crippen LogP) is 23.1. The fourth-order valence-corrected chi connectivity index (χ4v) is 13.1. The largest absolute Gasteiger partial charge is 0.394 e. The van der Waals surface area contributed by atoms with Gasteiger partial charge in [0.25, 0.3) is 0 Å². The molecule has 91 heavy (non-hydrogen) atoms. The van der Waals surface area contributed by atoms with Crippen molar-refractivity contribution in [3.8, 4) is 0 Å². The van der Waals surface area contributed by atoms with E-state index < -0.39 is 49.5 Å². The highest BCUT2D eigenvalue weighted by Gasteiger charge is 2.44. The van der Waals surface area contributed by atoms with Gasteiger partial charge in [-0.2, -0.15) is 0 Å². The van der Waals surface area contributed by atoms with E-state index in [2.05, 4.69) is 55.6 Å². The number of allylic oxidation sites excluding steroid dienone is 7. The van der Waals surface area contributed by atoms with Gasteiger partial charge >= 0.3 is 0 Å². The van der Waals surface area contributed by atoms with Crippen molar-refractivity contribution in [3.05, 3.63) is 48.6 Å². The quantitative estimate of drug-likeness (QED) is 0.0261. The lowest BCUT2D eigenvalue weighted by Crippen LogP contribution is -2.60. The summed E-state index contributed by atoms with van der Waals surface area (Å²) in [5.74, 6) is -0.183. The van der Waals surface area contributed by atoms with Crippen molar-refractivity contribution in [3.63, 3.8) is 0 Å². The van der Waals surface area contributed by atoms with Crippen LogP contribution in [0.3, 0.4) is 0 Å². The number of nitrogens with one attached hydrogen (secondary N) is 1. The van der Waals surface area contributed by atoms with Gasteiger partial charge in [0.05, 0.1) is 25.4 Å². The fourth-order valence-electron chi connectivity index (χ4n) is 13.1. The lowest BCUT2D eigenvalue weighted by molar-refractivity contribution is -0.302. The molecular weight excluding hydrogens is 1130 g/mol. The maximum Gasteiger partial charge on any atom is 0.220 e. The smallest absolute Gasteiger partial charge is 0.220 e. The Labute approximate surface area is 564 Å². The van der Waals surface area contributed by atoms with E-state index in [1.807, 2.05) is 6.08 Å². The molecule has 1 saturated heterocycles. The number of ether oxygens (including phenoxy) is 2. The van der Waals surface area contributed by atoms with Gasteiger partial charge in [-0.1, -0.05) is 383 Å². The maximum absolute atomic E-state index is 13.2. The molecule has 0 aromatic rings. The van der Waals surface area contributed by atoms with Crippen LogP contribution in [0.2, 0.25) is 0 Å². The summed E-state index contributed by atoms with van der Waals surface area (Å²) >= 11 is 0. The highest BCUT2D eigenvalue weighted by Crippen LogP contribution is 2.24. The molecule has 1 fully saturated rings. The van der Waals surface area contributed by atoms with Crippen molar-refractivity contribution < 1.29 is 39.8 Å². The Morgan fingerprint density at radius 1 is 0.363 bits per heavy atom. The van der Waals surface area contributed by atoms with Crippen LogP contribution in [0.15, 0.2) is 48.6 Å². The summed E-state index contributed by atoms with van der Waals surface area (Å²) in [6, 6.07) is -0.829. The second-order valence-corrected chi connectivity index (χ2v) is 28.2. The van der Waals surface area contributed by atoms with Crippen LogP contribution < -0.4 is 5.32 Å². The van der Waals surface area contributed by atoms with Crippen LogP contribution in [0.4, 0.5) is 0 Å². The van der Waals surface area contributed by atoms with Gasteiger partial charge in [0, 0.05) is 6.42 Å². The summed E-state index contributed by atoms with van der Waals surface area (Å²) in [4.78, 5) is 13.2. The number of aliphatic hydroxyl groups is 5. The van der Waals surface area contributed by atoms with Gasteiger partial charge in [0.15, 0.2) is 6.29 Å². The third kappa shape index (κ3) is 59.2. The first-order valence-electron chi connectivity index (χ1n) is 40.4. The van der Waals surface area contributed by atoms with Crippen LogP contribution in [0, 0.1) is 0 Å². The lowest BCUT2D eigenvalue weighted by atomic mass is 9.99. The Morgan fingerprint density at radius 2 is 0.626 bits per heavy atom. The molecule has 7 unspecified atom stereocenters. The van der Waals surface area contributed by atoms with Gasteiger partial charge in [-0.15, -0.1) is 0 Å². The van der Waals surface area contributed by atoms with Crippen LogP contribution in [-0.4, -0.2) is 87.5 Å². The average Bonchev–Trinajstić information content (AvgIpc) is 1.58. The number of rotatable bonds is 72. The Bertz CT molecular complexity index is 1580. The van der Waals surface area contributed by atoms with Crippen molar-refractivity contribution in [2.45, 2.75) is 455 Å². The minimum atomic E-state index is -1.58. The number of hydrogen-bond donors (Lipinski definition) is 6. The Morgan fingerprint density at radius 3 is 0.923 bits per heavy atom. The van der Waals surface area contributed by atoms with Crippen LogP contribution in [0.25, 0.3) is 0 Å². The molecule has 9 nitrogen and oxygen atoms in total. The summed E-state index contributed by atoms with van der Waals surface area (Å²) < 4.78 is 11.3. The minimum absolute atomic E-state index is 0.183. The van der Waals surface area contributed by atoms with E-state index in [-0.39, 0.29) is 12.5 Å². The molecule has 1 heterocycles. The molecule has 1 amide bonds. The summed E-state index contributed by atoms with van der Waals surface area (Å²) in [5, 5.41) is 54.8. The molecule has 0 spiro atoms. The second kappa shape index (κ2) is 70.9. The number of aliphatic hydroxyl groups excluding tert-OH is 5. The van der Waals surface area contributed by atoms with Crippen molar-refractivity contribution in [1.82, 2.24) is 5.32 Å². The fraction of sp³-hybridized carbons (Fsp3) is 0.890. The molecule has 0 aromatic carbocycles. The molecule has 1 aliphatic rings. The predicted molar refractivity (Wildman–Crippen MR) is 392 cm³/mol. The standard InChI is InChI=1S/C82H155NO8/c1-3-5-7-9-11-13-15-17-19-21-23-25-27-29-31-32-33-34-35-36-37-38-39-40-41-42-43-44-46-48-50-52-54-56-58-60-62-64-66-68-70-72-78(86)83-75(74-90-82-81(89)80(88)79(87)77(73-84)91-82)76(85)71-69-67-65-63-61-59-57-55-53-51-49-47-45-30-28-26-24-22-20-18-16-14-12-10-8-6-4-2/h21,23,53,55,61,63,69,71,75-77,79-82,84-85,87-89H,3-20,22,24-52,54,56-60,62,64-68,70,72-74H2,1-2H3,(H,83,86)/b23-21-,55-53+,63-61+,71-69+. The molecule has 0 aliphatic carbocycles. The van der Waals surface area contributed by atoms with E-state index in [9.17, 15) is 30.3 Å². The molecule has 0 aromatic heterocycles. The maximum atomic E-state index is 13.2. The van der Waals surface area contributed by atoms with Crippen LogP contribution >= 0.6 is 0 Å². The zero-order valence-corrected chi connectivity index (χ0v) is 60.4. The van der Waals surface area contributed by atoms with E-state index in [0.29, 0.717) is 6.42 Å². The molecule has 536 valence electrons. The van der Waals surface area contributed by atoms with Gasteiger partial charge in [-0.25, -0.2) is 0 Å². The summed E-state index contributed by atoms with van der Waals surface area (Å²) in [7, 11) is 0. The minimum Gasteiger partial charge on any atom is -0.394 e. The van der Waals surface area contributed by atoms with Gasteiger partial charge < -0.3 is 40.3 Å². The molecule has 1 rings (SSSR count). The van der Waals surface area contributed by atoms with E-state index in [1.165, 1.54) is 347 Å². The SMILES string of the molecule is CCCCCCCCCC/C=C\CCCCCCCCCCCCCCCCCCCCCCCCCCCCCCCC(=O)NC(COC1OC(CO)C(O)C(O)C1O)C(O)/C=C/CC/C=C/CC/C=C/CCCCCCCCCCCCCCCCCCC. The van der Waals surface area contributed by atoms with Crippen molar-refractivity contribution in [2.75, 3.05) is 13.2 Å². The van der Waals surface area contributed by atoms with E-state index in [4.69, 9.17) is 9.47 Å². The number of carbonyl (C=O) groups excluding carboxylic acids is 1.